The minimum atomic E-state index is -4.59. The van der Waals surface area contributed by atoms with Gasteiger partial charge in [-0.15, -0.1) is 0 Å². The van der Waals surface area contributed by atoms with Gasteiger partial charge in [-0.2, -0.15) is 13.2 Å². The summed E-state index contributed by atoms with van der Waals surface area (Å²) in [4.78, 5) is 28.6. The molecule has 2 aliphatic heterocycles. The SMILES string of the molecule is COC1CN(C(=O)[C@]2(F)CN(C3CCCC3)C[C@H]2C)C[C@@H]1c1ccc(C(F)(F)F)cc1-c1ccc(C(=O)O)cc1. The Morgan fingerprint density at radius 3 is 2.30 bits per heavy atom. The van der Waals surface area contributed by atoms with Crippen molar-refractivity contribution < 1.29 is 37.0 Å². The quantitative estimate of drug-likeness (QED) is 0.464. The zero-order valence-electron chi connectivity index (χ0n) is 22.6. The summed E-state index contributed by atoms with van der Waals surface area (Å²) in [5.41, 5.74) is -1.67. The fourth-order valence-corrected chi connectivity index (χ4v) is 6.68. The van der Waals surface area contributed by atoms with E-state index >= 15 is 4.39 Å². The van der Waals surface area contributed by atoms with E-state index in [4.69, 9.17) is 4.74 Å². The lowest BCUT2D eigenvalue weighted by Gasteiger charge is -2.29. The molecule has 0 spiro atoms. The van der Waals surface area contributed by atoms with E-state index in [1.165, 1.54) is 42.3 Å². The Labute approximate surface area is 230 Å². The van der Waals surface area contributed by atoms with E-state index in [0.29, 0.717) is 23.7 Å². The predicted octanol–water partition coefficient (Wildman–Crippen LogP) is 5.61. The number of hydrogen-bond donors (Lipinski definition) is 1. The van der Waals surface area contributed by atoms with Gasteiger partial charge in [0.1, 0.15) is 0 Å². The number of hydrogen-bond acceptors (Lipinski definition) is 4. The molecular formula is C30H34F4N2O4. The molecule has 2 aromatic rings. The lowest BCUT2D eigenvalue weighted by atomic mass is 9.87. The van der Waals surface area contributed by atoms with Gasteiger partial charge >= 0.3 is 12.1 Å². The third-order valence-corrected chi connectivity index (χ3v) is 9.00. The number of benzene rings is 2. The van der Waals surface area contributed by atoms with Gasteiger partial charge in [0.15, 0.2) is 0 Å². The predicted molar refractivity (Wildman–Crippen MR) is 141 cm³/mol. The number of aromatic carboxylic acids is 1. The highest BCUT2D eigenvalue weighted by Gasteiger charge is 2.55. The zero-order valence-corrected chi connectivity index (χ0v) is 22.6. The van der Waals surface area contributed by atoms with E-state index in [9.17, 15) is 27.9 Å². The van der Waals surface area contributed by atoms with Crippen LogP contribution in [0.3, 0.4) is 0 Å². The standard InChI is InChI=1S/C30H34F4N2O4/c1-18-14-36(22-5-3-4-6-22)17-29(18,31)28(39)35-15-25(26(16-35)40-2)23-12-11-21(30(32,33)34)13-24(23)19-7-9-20(10-8-19)27(37)38/h7-13,18,22,25-26H,3-6,14-17H2,1-2H3,(H,37,38)/t18-,25-,26?,29+/m1/s1. The van der Waals surface area contributed by atoms with Crippen LogP contribution in [0.25, 0.3) is 11.1 Å². The van der Waals surface area contributed by atoms with Gasteiger partial charge in [-0.05, 0) is 53.8 Å². The molecule has 40 heavy (non-hydrogen) atoms. The average Bonchev–Trinajstić information content (AvgIpc) is 3.67. The third-order valence-electron chi connectivity index (χ3n) is 9.00. The smallest absolute Gasteiger partial charge is 0.416 e. The van der Waals surface area contributed by atoms with Gasteiger partial charge in [0.2, 0.25) is 5.67 Å². The summed E-state index contributed by atoms with van der Waals surface area (Å²) in [7, 11) is 1.47. The molecule has 216 valence electrons. The monoisotopic (exact) mass is 562 g/mol. The molecule has 5 rings (SSSR count). The van der Waals surface area contributed by atoms with Crippen molar-refractivity contribution in [3.05, 3.63) is 59.2 Å². The largest absolute Gasteiger partial charge is 0.478 e. The Hall–Kier alpha value is -2.98. The Morgan fingerprint density at radius 2 is 1.70 bits per heavy atom. The summed E-state index contributed by atoms with van der Waals surface area (Å²) < 4.78 is 63.1. The summed E-state index contributed by atoms with van der Waals surface area (Å²) >= 11 is 0. The third kappa shape index (κ3) is 5.23. The highest BCUT2D eigenvalue weighted by Crippen LogP contribution is 2.43. The van der Waals surface area contributed by atoms with Crippen LogP contribution in [-0.4, -0.2) is 77.9 Å². The van der Waals surface area contributed by atoms with Crippen LogP contribution in [0.5, 0.6) is 0 Å². The number of ether oxygens (including phenoxy) is 1. The maximum absolute atomic E-state index is 16.4. The van der Waals surface area contributed by atoms with Crippen LogP contribution in [-0.2, 0) is 15.7 Å². The first kappa shape index (κ1) is 28.5. The molecule has 0 radical (unpaired) electrons. The van der Waals surface area contributed by atoms with Gasteiger partial charge < -0.3 is 14.7 Å². The van der Waals surface area contributed by atoms with E-state index < -0.39 is 47.2 Å². The maximum Gasteiger partial charge on any atom is 0.416 e. The topological polar surface area (TPSA) is 70.1 Å². The molecule has 10 heteroatoms. The number of halogens is 4. The van der Waals surface area contributed by atoms with Crippen LogP contribution < -0.4 is 0 Å². The lowest BCUT2D eigenvalue weighted by molar-refractivity contribution is -0.145. The van der Waals surface area contributed by atoms with Crippen LogP contribution in [0.15, 0.2) is 42.5 Å². The van der Waals surface area contributed by atoms with E-state index in [1.54, 1.807) is 6.92 Å². The van der Waals surface area contributed by atoms with Gasteiger partial charge in [-0.3, -0.25) is 9.69 Å². The Bertz CT molecular complexity index is 1260. The summed E-state index contributed by atoms with van der Waals surface area (Å²) in [6.07, 6.45) is -0.890. The molecule has 2 saturated heterocycles. The highest BCUT2D eigenvalue weighted by atomic mass is 19.4. The molecular weight excluding hydrogens is 528 g/mol. The fourth-order valence-electron chi connectivity index (χ4n) is 6.68. The number of carbonyl (C=O) groups is 2. The number of carboxylic acids is 1. The molecule has 3 aliphatic rings. The summed E-state index contributed by atoms with van der Waals surface area (Å²) in [5, 5.41) is 9.24. The van der Waals surface area contributed by atoms with E-state index in [2.05, 4.69) is 4.90 Å². The molecule has 1 unspecified atom stereocenters. The first-order chi connectivity index (χ1) is 18.9. The van der Waals surface area contributed by atoms with Gasteiger partial charge in [-0.1, -0.05) is 38.0 Å². The molecule has 0 bridgehead atoms. The van der Waals surface area contributed by atoms with Crippen molar-refractivity contribution in [3.63, 3.8) is 0 Å². The van der Waals surface area contributed by atoms with Crippen LogP contribution in [0.1, 0.15) is 60.0 Å². The van der Waals surface area contributed by atoms with Crippen molar-refractivity contribution in [1.29, 1.82) is 0 Å². The molecule has 1 aliphatic carbocycles. The number of carboxylic acid groups (broad SMARTS) is 1. The lowest BCUT2D eigenvalue weighted by Crippen LogP contribution is -2.50. The molecule has 1 amide bonds. The first-order valence-electron chi connectivity index (χ1n) is 13.7. The molecule has 2 heterocycles. The van der Waals surface area contributed by atoms with Gasteiger partial charge in [0.05, 0.1) is 17.2 Å². The van der Waals surface area contributed by atoms with Crippen molar-refractivity contribution >= 4 is 11.9 Å². The number of carbonyl (C=O) groups excluding carboxylic acids is 1. The van der Waals surface area contributed by atoms with E-state index in [-0.39, 0.29) is 30.8 Å². The second kappa shape index (κ2) is 10.8. The zero-order chi connectivity index (χ0) is 28.8. The van der Waals surface area contributed by atoms with Crippen LogP contribution >= 0.6 is 0 Å². The average molecular weight is 563 g/mol. The highest BCUT2D eigenvalue weighted by molar-refractivity contribution is 5.89. The van der Waals surface area contributed by atoms with Crippen molar-refractivity contribution in [3.8, 4) is 11.1 Å². The molecule has 4 atom stereocenters. The van der Waals surface area contributed by atoms with Crippen LogP contribution in [0.4, 0.5) is 17.6 Å². The second-order valence-corrected chi connectivity index (χ2v) is 11.4. The molecule has 1 N–H and O–H groups in total. The molecule has 0 aromatic heterocycles. The first-order valence-corrected chi connectivity index (χ1v) is 13.7. The Kier molecular flexibility index (Phi) is 7.69. The van der Waals surface area contributed by atoms with Gasteiger partial charge in [-0.25, -0.2) is 9.18 Å². The van der Waals surface area contributed by atoms with Crippen molar-refractivity contribution in [1.82, 2.24) is 9.80 Å². The molecule has 6 nitrogen and oxygen atoms in total. The number of likely N-dealkylation sites (tertiary alicyclic amines) is 2. The maximum atomic E-state index is 16.4. The van der Waals surface area contributed by atoms with Crippen molar-refractivity contribution in [2.45, 2.75) is 62.5 Å². The number of amides is 1. The van der Waals surface area contributed by atoms with Gasteiger partial charge in [0.25, 0.3) is 5.91 Å². The van der Waals surface area contributed by atoms with E-state index in [1.807, 2.05) is 0 Å². The minimum absolute atomic E-state index is 0.00950. The van der Waals surface area contributed by atoms with Crippen LogP contribution in [0.2, 0.25) is 0 Å². The number of rotatable bonds is 6. The van der Waals surface area contributed by atoms with E-state index in [0.717, 1.165) is 37.8 Å². The summed E-state index contributed by atoms with van der Waals surface area (Å²) in [5.74, 6) is -2.72. The molecule has 3 fully saturated rings. The number of alkyl halides is 4. The van der Waals surface area contributed by atoms with Gasteiger partial charge in [0, 0.05) is 51.2 Å². The Balaban J connectivity index is 1.45. The van der Waals surface area contributed by atoms with Crippen molar-refractivity contribution in [2.75, 3.05) is 33.3 Å². The molecule has 2 aromatic carbocycles. The fraction of sp³-hybridized carbons (Fsp3) is 0.533. The summed E-state index contributed by atoms with van der Waals surface area (Å²) in [6.45, 7) is 2.57. The normalized spacial score (nSPS) is 27.9. The number of methoxy groups -OCH3 is 1. The second-order valence-electron chi connectivity index (χ2n) is 11.4. The summed E-state index contributed by atoms with van der Waals surface area (Å²) in [6, 6.07) is 9.34. The Morgan fingerprint density at radius 1 is 1.02 bits per heavy atom. The van der Waals surface area contributed by atoms with Crippen molar-refractivity contribution in [2.24, 2.45) is 5.92 Å². The molecule has 1 saturated carbocycles. The number of nitrogens with zero attached hydrogens (tertiary/aromatic N) is 2. The van der Waals surface area contributed by atoms with Crippen LogP contribution in [0, 0.1) is 5.92 Å². The minimum Gasteiger partial charge on any atom is -0.478 e.